The minimum Gasteiger partial charge on any atom is -0.484 e. The molecule has 7 nitrogen and oxygen atoms in total. The highest BCUT2D eigenvalue weighted by Gasteiger charge is 2.09. The van der Waals surface area contributed by atoms with Crippen LogP contribution in [0.1, 0.15) is 13.3 Å². The molecule has 7 heteroatoms. The normalized spacial score (nSPS) is 11.7. The van der Waals surface area contributed by atoms with Crippen LogP contribution >= 0.6 is 0 Å². The van der Waals surface area contributed by atoms with E-state index >= 15 is 0 Å². The van der Waals surface area contributed by atoms with Crippen molar-refractivity contribution in [1.82, 2.24) is 5.32 Å². The number of aliphatic hydroxyl groups excluding tert-OH is 1. The number of ether oxygens (including phenoxy) is 1. The third-order valence-corrected chi connectivity index (χ3v) is 2.67. The number of hydrogen-bond donors (Lipinski definition) is 2. The second-order valence-corrected chi connectivity index (χ2v) is 4.46. The number of non-ortho nitro benzene ring substituents is 1. The lowest BCUT2D eigenvalue weighted by molar-refractivity contribution is -0.384. The topological polar surface area (TPSA) is 102 Å². The molecule has 1 rings (SSSR count). The molecule has 1 unspecified atom stereocenters. The molecule has 0 bridgehead atoms. The number of benzene rings is 1. The summed E-state index contributed by atoms with van der Waals surface area (Å²) in [4.78, 5) is 21.6. The van der Waals surface area contributed by atoms with Crippen LogP contribution < -0.4 is 10.1 Å². The molecule has 2 N–H and O–H groups in total. The summed E-state index contributed by atoms with van der Waals surface area (Å²) in [6.45, 7) is 2.25. The van der Waals surface area contributed by atoms with Gasteiger partial charge in [0.25, 0.3) is 11.6 Å². The summed E-state index contributed by atoms with van der Waals surface area (Å²) >= 11 is 0. The zero-order valence-corrected chi connectivity index (χ0v) is 11.2. The van der Waals surface area contributed by atoms with E-state index in [0.717, 1.165) is 0 Å². The number of nitro groups is 1. The summed E-state index contributed by atoms with van der Waals surface area (Å²) in [5, 5.41) is 22.0. The molecule has 110 valence electrons. The molecule has 0 aliphatic rings. The first-order valence-electron chi connectivity index (χ1n) is 6.27. The zero-order chi connectivity index (χ0) is 15.0. The van der Waals surface area contributed by atoms with Gasteiger partial charge in [0, 0.05) is 19.2 Å². The molecule has 0 aliphatic heterocycles. The fourth-order valence-electron chi connectivity index (χ4n) is 1.50. The molecular formula is C13H18N2O5. The summed E-state index contributed by atoms with van der Waals surface area (Å²) in [6.07, 6.45) is 0.617. The van der Waals surface area contributed by atoms with Crippen LogP contribution in [0, 0.1) is 16.0 Å². The molecule has 0 fully saturated rings. The lowest BCUT2D eigenvalue weighted by Crippen LogP contribution is -2.32. The second-order valence-electron chi connectivity index (χ2n) is 4.46. The fraction of sp³-hybridized carbons (Fsp3) is 0.462. The van der Waals surface area contributed by atoms with Gasteiger partial charge in [-0.25, -0.2) is 0 Å². The molecule has 0 saturated carbocycles. The van der Waals surface area contributed by atoms with Gasteiger partial charge in [-0.05, 0) is 18.4 Å². The van der Waals surface area contributed by atoms with Gasteiger partial charge >= 0.3 is 0 Å². The standard InChI is InChI=1S/C13H18N2O5/c1-10(5-6-16)8-14-13(17)9-20-12-4-2-3-11(7-12)15(18)19/h2-4,7,10,16H,5-6,8-9H2,1H3,(H,14,17). The Labute approximate surface area is 116 Å². The number of aliphatic hydroxyl groups is 1. The van der Waals surface area contributed by atoms with E-state index < -0.39 is 4.92 Å². The Balaban J connectivity index is 2.37. The van der Waals surface area contributed by atoms with Gasteiger partial charge < -0.3 is 15.2 Å². The van der Waals surface area contributed by atoms with Crippen LogP contribution in [-0.4, -0.2) is 35.7 Å². The van der Waals surface area contributed by atoms with E-state index in [4.69, 9.17) is 9.84 Å². The molecule has 0 aliphatic carbocycles. The van der Waals surface area contributed by atoms with E-state index in [1.807, 2.05) is 6.92 Å². The van der Waals surface area contributed by atoms with Crippen LogP contribution in [-0.2, 0) is 4.79 Å². The fourth-order valence-corrected chi connectivity index (χ4v) is 1.50. The lowest BCUT2D eigenvalue weighted by atomic mass is 10.1. The molecule has 1 aromatic carbocycles. The van der Waals surface area contributed by atoms with Gasteiger partial charge in [-0.2, -0.15) is 0 Å². The van der Waals surface area contributed by atoms with Crippen molar-refractivity contribution < 1.29 is 19.6 Å². The van der Waals surface area contributed by atoms with Gasteiger partial charge in [-0.3, -0.25) is 14.9 Å². The first-order chi connectivity index (χ1) is 9.52. The van der Waals surface area contributed by atoms with Crippen LogP contribution in [0.25, 0.3) is 0 Å². The number of hydrogen-bond acceptors (Lipinski definition) is 5. The molecule has 0 heterocycles. The van der Waals surface area contributed by atoms with Crippen molar-refractivity contribution in [1.29, 1.82) is 0 Å². The van der Waals surface area contributed by atoms with Crippen molar-refractivity contribution in [3.05, 3.63) is 34.4 Å². The average molecular weight is 282 g/mol. The number of nitrogens with zero attached hydrogens (tertiary/aromatic N) is 1. The Morgan fingerprint density at radius 2 is 2.30 bits per heavy atom. The number of carbonyl (C=O) groups is 1. The van der Waals surface area contributed by atoms with Crippen molar-refractivity contribution >= 4 is 11.6 Å². The van der Waals surface area contributed by atoms with E-state index in [0.29, 0.717) is 13.0 Å². The highest BCUT2D eigenvalue weighted by molar-refractivity contribution is 5.77. The van der Waals surface area contributed by atoms with Gasteiger partial charge in [-0.15, -0.1) is 0 Å². The van der Waals surface area contributed by atoms with Crippen LogP contribution in [0.4, 0.5) is 5.69 Å². The maximum atomic E-state index is 11.5. The third kappa shape index (κ3) is 5.66. The van der Waals surface area contributed by atoms with Gasteiger partial charge in [-0.1, -0.05) is 13.0 Å². The molecule has 1 amide bonds. The minimum atomic E-state index is -0.524. The van der Waals surface area contributed by atoms with Crippen LogP contribution in [0.3, 0.4) is 0 Å². The largest absolute Gasteiger partial charge is 0.484 e. The molecule has 0 spiro atoms. The predicted molar refractivity (Wildman–Crippen MR) is 72.5 cm³/mol. The van der Waals surface area contributed by atoms with Crippen molar-refractivity contribution in [2.24, 2.45) is 5.92 Å². The quantitative estimate of drug-likeness (QED) is 0.549. The lowest BCUT2D eigenvalue weighted by Gasteiger charge is -2.11. The number of carbonyl (C=O) groups excluding carboxylic acids is 1. The highest BCUT2D eigenvalue weighted by Crippen LogP contribution is 2.18. The van der Waals surface area contributed by atoms with Crippen molar-refractivity contribution in [3.8, 4) is 5.75 Å². The Morgan fingerprint density at radius 1 is 1.55 bits per heavy atom. The minimum absolute atomic E-state index is 0.0838. The van der Waals surface area contributed by atoms with Gasteiger partial charge in [0.2, 0.25) is 0 Å². The molecule has 0 aromatic heterocycles. The van der Waals surface area contributed by atoms with E-state index in [1.54, 1.807) is 6.07 Å². The maximum absolute atomic E-state index is 11.5. The maximum Gasteiger partial charge on any atom is 0.273 e. The van der Waals surface area contributed by atoms with Crippen LogP contribution in [0.5, 0.6) is 5.75 Å². The van der Waals surface area contributed by atoms with Crippen molar-refractivity contribution in [2.75, 3.05) is 19.8 Å². The van der Waals surface area contributed by atoms with E-state index in [-0.39, 0.29) is 36.5 Å². The number of amides is 1. The van der Waals surface area contributed by atoms with E-state index in [2.05, 4.69) is 5.32 Å². The summed E-state index contributed by atoms with van der Waals surface area (Å²) in [7, 11) is 0. The first-order valence-corrected chi connectivity index (χ1v) is 6.27. The highest BCUT2D eigenvalue weighted by atomic mass is 16.6. The third-order valence-electron chi connectivity index (χ3n) is 2.67. The number of nitrogens with one attached hydrogen (secondary N) is 1. The van der Waals surface area contributed by atoms with Gasteiger partial charge in [0.05, 0.1) is 11.0 Å². The summed E-state index contributed by atoms with van der Waals surface area (Å²) in [6, 6.07) is 5.66. The Bertz CT molecular complexity index is 464. The molecule has 1 aromatic rings. The molecule has 1 atom stereocenters. The monoisotopic (exact) mass is 282 g/mol. The average Bonchev–Trinajstić information content (AvgIpc) is 2.43. The summed E-state index contributed by atoms with van der Waals surface area (Å²) in [5.41, 5.74) is -0.0838. The second kappa shape index (κ2) is 8.11. The van der Waals surface area contributed by atoms with Crippen molar-refractivity contribution in [2.45, 2.75) is 13.3 Å². The summed E-state index contributed by atoms with van der Waals surface area (Å²) < 4.78 is 5.19. The van der Waals surface area contributed by atoms with E-state index in [1.165, 1.54) is 18.2 Å². The smallest absolute Gasteiger partial charge is 0.273 e. The molecule has 20 heavy (non-hydrogen) atoms. The van der Waals surface area contributed by atoms with E-state index in [9.17, 15) is 14.9 Å². The zero-order valence-electron chi connectivity index (χ0n) is 11.2. The Kier molecular flexibility index (Phi) is 6.45. The molecule has 0 radical (unpaired) electrons. The predicted octanol–water partition coefficient (Wildman–Crippen LogP) is 1.11. The summed E-state index contributed by atoms with van der Waals surface area (Å²) in [5.74, 6) is 0.154. The molecule has 0 saturated heterocycles. The first kappa shape index (κ1) is 15.9. The number of rotatable bonds is 8. The van der Waals surface area contributed by atoms with Crippen molar-refractivity contribution in [3.63, 3.8) is 0 Å². The van der Waals surface area contributed by atoms with Crippen LogP contribution in [0.2, 0.25) is 0 Å². The number of nitro benzene ring substituents is 1. The SMILES string of the molecule is CC(CCO)CNC(=O)COc1cccc([N+](=O)[O-])c1. The Hall–Kier alpha value is -2.15. The molecular weight excluding hydrogens is 264 g/mol. The Morgan fingerprint density at radius 3 is 2.95 bits per heavy atom. The van der Waals surface area contributed by atoms with Gasteiger partial charge in [0.1, 0.15) is 5.75 Å². The van der Waals surface area contributed by atoms with Gasteiger partial charge in [0.15, 0.2) is 6.61 Å². The van der Waals surface area contributed by atoms with Crippen LogP contribution in [0.15, 0.2) is 24.3 Å².